The molecule has 0 unspecified atom stereocenters. The predicted molar refractivity (Wildman–Crippen MR) is 157 cm³/mol. The number of amidine groups is 1. The summed E-state index contributed by atoms with van der Waals surface area (Å²) in [4.78, 5) is 50.8. The number of carbonyl (C=O) groups is 3. The lowest BCUT2D eigenvalue weighted by Crippen LogP contribution is -2.76. The number of nitrogen functional groups attached to an aromatic ring is 1. The minimum absolute atomic E-state index is 0.0484. The van der Waals surface area contributed by atoms with Crippen molar-refractivity contribution >= 4 is 56.2 Å². The number of aliphatic imine (C=N–C) groups is 1. The minimum atomic E-state index is -5.02. The van der Waals surface area contributed by atoms with E-state index in [1.54, 1.807) is 12.1 Å². The number of ether oxygens (including phenoxy) is 1. The largest absolute Gasteiger partial charge is 0.489 e. The van der Waals surface area contributed by atoms with Gasteiger partial charge in [0.15, 0.2) is 10.8 Å². The van der Waals surface area contributed by atoms with Gasteiger partial charge >= 0.3 is 16.4 Å². The molecule has 2 aromatic rings. The fourth-order valence-electron chi connectivity index (χ4n) is 3.56. The molecule has 2 amide bonds. The van der Waals surface area contributed by atoms with Gasteiger partial charge in [-0.15, -0.1) is 15.6 Å². The number of aromatic nitrogens is 1. The van der Waals surface area contributed by atoms with Crippen molar-refractivity contribution in [3.63, 3.8) is 0 Å². The molecule has 0 spiro atoms. The zero-order valence-corrected chi connectivity index (χ0v) is 25.6. The quantitative estimate of drug-likeness (QED) is 0.0480. The summed E-state index contributed by atoms with van der Waals surface area (Å²) < 4.78 is 40.8. The van der Waals surface area contributed by atoms with Crippen LogP contribution in [0.1, 0.15) is 39.0 Å². The Morgan fingerprint density at radius 3 is 2.41 bits per heavy atom. The Bertz CT molecular complexity index is 1570. The second-order valence-corrected chi connectivity index (χ2v) is 12.6. The number of hydrogen-bond acceptors (Lipinski definition) is 14. The first-order valence-corrected chi connectivity index (χ1v) is 14.8. The third kappa shape index (κ3) is 8.83. The van der Waals surface area contributed by atoms with E-state index in [9.17, 15) is 27.9 Å². The SMILES string of the molecule is CC(C)(N)CN=C(N)c1ccc(OC[C@H](O/N=C(\C(=O)N[C@@H]2C(=O)N(OS(=O)(=O)O)C2(C)C)c2csc(N)n2)C(=O)O)cc1. The predicted octanol–water partition coefficient (Wildman–Crippen LogP) is -0.739. The Hall–Kier alpha value is -4.37. The third-order valence-electron chi connectivity index (χ3n) is 5.86. The number of benzene rings is 1. The van der Waals surface area contributed by atoms with Crippen LogP contribution in [-0.2, 0) is 33.9 Å². The number of β-lactam (4-membered cyclic amide) rings is 1. The number of anilines is 1. The molecule has 1 fully saturated rings. The van der Waals surface area contributed by atoms with Gasteiger partial charge in [-0.05, 0) is 52.0 Å². The van der Waals surface area contributed by atoms with Crippen molar-refractivity contribution in [2.75, 3.05) is 18.9 Å². The number of amides is 2. The molecule has 1 aliphatic heterocycles. The summed E-state index contributed by atoms with van der Waals surface area (Å²) in [5, 5.41) is 17.4. The Morgan fingerprint density at radius 1 is 1.27 bits per heavy atom. The number of nitrogens with one attached hydrogen (secondary N) is 1. The molecule has 1 aromatic heterocycles. The Morgan fingerprint density at radius 2 is 1.91 bits per heavy atom. The van der Waals surface area contributed by atoms with Gasteiger partial charge in [0.25, 0.3) is 17.9 Å². The molecule has 2 heterocycles. The summed E-state index contributed by atoms with van der Waals surface area (Å²) in [5.74, 6) is -2.98. The molecule has 20 heteroatoms. The van der Waals surface area contributed by atoms with Crippen molar-refractivity contribution < 1.29 is 46.3 Å². The maximum absolute atomic E-state index is 13.1. The summed E-state index contributed by atoms with van der Waals surface area (Å²) in [6, 6.07) is 4.98. The van der Waals surface area contributed by atoms with Crippen LogP contribution in [0.15, 0.2) is 39.8 Å². The van der Waals surface area contributed by atoms with E-state index in [1.807, 2.05) is 13.8 Å². The van der Waals surface area contributed by atoms with Gasteiger partial charge in [0.1, 0.15) is 29.9 Å². The number of hydrogen-bond donors (Lipinski definition) is 6. The summed E-state index contributed by atoms with van der Waals surface area (Å²) in [7, 11) is -5.02. The Labute approximate surface area is 255 Å². The molecule has 0 saturated carbocycles. The third-order valence-corrected chi connectivity index (χ3v) is 6.87. The normalized spacial score (nSPS) is 17.9. The van der Waals surface area contributed by atoms with E-state index in [1.165, 1.54) is 31.4 Å². The highest BCUT2D eigenvalue weighted by Crippen LogP contribution is 2.33. The topological polar surface area (TPSA) is 284 Å². The molecule has 18 nitrogen and oxygen atoms in total. The van der Waals surface area contributed by atoms with Gasteiger partial charge in [0.05, 0.1) is 12.1 Å². The van der Waals surface area contributed by atoms with Crippen LogP contribution in [0, 0.1) is 0 Å². The zero-order chi connectivity index (χ0) is 33.0. The Balaban J connectivity index is 1.73. The average Bonchev–Trinajstić information content (AvgIpc) is 3.35. The molecule has 0 aliphatic carbocycles. The second kappa shape index (κ2) is 13.1. The number of hydroxylamine groups is 2. The van der Waals surface area contributed by atoms with Crippen LogP contribution in [0.3, 0.4) is 0 Å². The van der Waals surface area contributed by atoms with Crippen LogP contribution in [0.4, 0.5) is 5.13 Å². The van der Waals surface area contributed by atoms with Gasteiger partial charge in [-0.3, -0.25) is 19.1 Å². The maximum Gasteiger partial charge on any atom is 0.418 e. The first kappa shape index (κ1) is 34.1. The zero-order valence-electron chi connectivity index (χ0n) is 24.0. The van der Waals surface area contributed by atoms with Crippen LogP contribution >= 0.6 is 11.3 Å². The van der Waals surface area contributed by atoms with E-state index in [0.29, 0.717) is 17.2 Å². The van der Waals surface area contributed by atoms with Crippen molar-refractivity contribution in [3.8, 4) is 5.75 Å². The lowest BCUT2D eigenvalue weighted by molar-refractivity contribution is -0.218. The molecule has 44 heavy (non-hydrogen) atoms. The first-order valence-electron chi connectivity index (χ1n) is 12.6. The van der Waals surface area contributed by atoms with Crippen LogP contribution < -0.4 is 27.3 Å². The molecule has 3 rings (SSSR count). The van der Waals surface area contributed by atoms with E-state index >= 15 is 0 Å². The number of carbonyl (C=O) groups excluding carboxylic acids is 2. The molecular weight excluding hydrogens is 624 g/mol. The van der Waals surface area contributed by atoms with Gasteiger partial charge in [0.2, 0.25) is 0 Å². The number of thiazole rings is 1. The molecule has 0 radical (unpaired) electrons. The van der Waals surface area contributed by atoms with Crippen molar-refractivity contribution in [1.29, 1.82) is 0 Å². The summed E-state index contributed by atoms with van der Waals surface area (Å²) >= 11 is 0.947. The Kier molecular flexibility index (Phi) is 10.2. The second-order valence-electron chi connectivity index (χ2n) is 10.7. The maximum atomic E-state index is 13.1. The molecule has 1 aliphatic rings. The number of carboxylic acids is 1. The number of rotatable bonds is 14. The van der Waals surface area contributed by atoms with Crippen LogP contribution in [0.2, 0.25) is 0 Å². The van der Waals surface area contributed by atoms with Crippen LogP contribution in [-0.4, -0.2) is 93.8 Å². The molecule has 1 aromatic carbocycles. The lowest BCUT2D eigenvalue weighted by atomic mass is 9.84. The van der Waals surface area contributed by atoms with Gasteiger partial charge < -0.3 is 37.2 Å². The van der Waals surface area contributed by atoms with Gasteiger partial charge in [0, 0.05) is 16.5 Å². The standard InChI is InChI=1S/C24H32N8O10S2/c1-23(2,27)11-28-18(25)12-5-7-13(8-6-12)40-9-15(21(35)36)41-31-16(14-10-43-22(26)29-14)19(33)30-17-20(34)32(24(17,3)4)42-44(37,38)39/h5-8,10,15,17H,9,11,27H2,1-4H3,(H2,25,28)(H2,26,29)(H,30,33)(H,35,36)(H,37,38,39)/b31-16-/t15-,17+/m0/s1. The summed E-state index contributed by atoms with van der Waals surface area (Å²) in [6.45, 7) is 6.09. The van der Waals surface area contributed by atoms with Gasteiger partial charge in [-0.1, -0.05) is 5.16 Å². The van der Waals surface area contributed by atoms with Gasteiger partial charge in [-0.25, -0.2) is 9.78 Å². The van der Waals surface area contributed by atoms with Crippen molar-refractivity contribution in [2.24, 2.45) is 21.6 Å². The molecule has 0 bridgehead atoms. The van der Waals surface area contributed by atoms with E-state index in [-0.39, 0.29) is 22.4 Å². The van der Waals surface area contributed by atoms with Crippen molar-refractivity contribution in [1.82, 2.24) is 15.4 Å². The molecule has 2 atom stereocenters. The summed E-state index contributed by atoms with van der Waals surface area (Å²) in [6.07, 6.45) is -1.70. The van der Waals surface area contributed by atoms with E-state index in [0.717, 1.165) is 11.3 Å². The van der Waals surface area contributed by atoms with Crippen LogP contribution in [0.5, 0.6) is 5.75 Å². The van der Waals surface area contributed by atoms with E-state index in [4.69, 9.17) is 31.3 Å². The number of carboxylic acid groups (broad SMARTS) is 1. The molecule has 240 valence electrons. The van der Waals surface area contributed by atoms with Crippen LogP contribution in [0.25, 0.3) is 0 Å². The number of oxime groups is 1. The highest BCUT2D eigenvalue weighted by atomic mass is 32.3. The lowest BCUT2D eigenvalue weighted by Gasteiger charge is -2.50. The monoisotopic (exact) mass is 656 g/mol. The molecular formula is C24H32N8O10S2. The van der Waals surface area contributed by atoms with E-state index in [2.05, 4.69) is 24.7 Å². The molecule has 1 saturated heterocycles. The molecule has 9 N–H and O–H groups in total. The first-order chi connectivity index (χ1) is 20.3. The van der Waals surface area contributed by atoms with Crippen molar-refractivity contribution in [2.45, 2.75) is 50.9 Å². The minimum Gasteiger partial charge on any atom is -0.489 e. The number of aliphatic carboxylic acids is 1. The number of nitrogens with two attached hydrogens (primary N) is 3. The summed E-state index contributed by atoms with van der Waals surface area (Å²) in [5.41, 5.74) is 15.6. The average molecular weight is 657 g/mol. The van der Waals surface area contributed by atoms with Gasteiger partial charge in [-0.2, -0.15) is 13.5 Å². The number of nitrogens with zero attached hydrogens (tertiary/aromatic N) is 4. The fourth-order valence-corrected chi connectivity index (χ4v) is 4.56. The fraction of sp³-hybridized carbons (Fsp3) is 0.417. The van der Waals surface area contributed by atoms with Crippen molar-refractivity contribution in [3.05, 3.63) is 40.9 Å². The van der Waals surface area contributed by atoms with E-state index < -0.39 is 63.7 Å². The smallest absolute Gasteiger partial charge is 0.418 e. The highest BCUT2D eigenvalue weighted by molar-refractivity contribution is 7.80. The highest BCUT2D eigenvalue weighted by Gasteiger charge is 2.58.